The van der Waals surface area contributed by atoms with E-state index in [1.54, 1.807) is 11.5 Å². The van der Waals surface area contributed by atoms with Crippen molar-refractivity contribution in [1.29, 1.82) is 10.5 Å². The molecule has 0 bridgehead atoms. The van der Waals surface area contributed by atoms with Gasteiger partial charge in [-0.3, -0.25) is 14.8 Å². The summed E-state index contributed by atoms with van der Waals surface area (Å²) < 4.78 is 0. The lowest BCUT2D eigenvalue weighted by molar-refractivity contribution is -0.142. The molecule has 1 aromatic carbocycles. The summed E-state index contributed by atoms with van der Waals surface area (Å²) in [5.41, 5.74) is 5.37. The van der Waals surface area contributed by atoms with E-state index in [-0.39, 0.29) is 12.3 Å². The van der Waals surface area contributed by atoms with Crippen LogP contribution in [0.5, 0.6) is 0 Å². The predicted molar refractivity (Wildman–Crippen MR) is 137 cm³/mol. The second-order valence-corrected chi connectivity index (χ2v) is 9.92. The first-order valence-electron chi connectivity index (χ1n) is 12.8. The fraction of sp³-hybridized carbons (Fsp3) is 0.519. The summed E-state index contributed by atoms with van der Waals surface area (Å²) in [5.74, 6) is -1.46. The Bertz CT molecular complexity index is 1170. The molecule has 37 heavy (non-hydrogen) atoms. The van der Waals surface area contributed by atoms with Crippen molar-refractivity contribution < 1.29 is 14.8 Å². The van der Waals surface area contributed by atoms with Crippen LogP contribution < -0.4 is 10.8 Å². The topological polar surface area (TPSA) is 145 Å². The van der Waals surface area contributed by atoms with Crippen LogP contribution in [0.3, 0.4) is 0 Å². The third-order valence-corrected chi connectivity index (χ3v) is 7.68. The summed E-state index contributed by atoms with van der Waals surface area (Å²) in [6, 6.07) is 7.23. The average Bonchev–Trinajstić information content (AvgIpc) is 2.95. The lowest BCUT2D eigenvalue weighted by atomic mass is 9.77. The molecule has 10 nitrogen and oxygen atoms in total. The molecular weight excluding hydrogens is 470 g/mol. The Morgan fingerprint density at radius 1 is 1.14 bits per heavy atom. The lowest BCUT2D eigenvalue weighted by Crippen LogP contribution is -2.57. The minimum Gasteiger partial charge on any atom is -0.342 e. The van der Waals surface area contributed by atoms with Crippen molar-refractivity contribution in [2.24, 2.45) is 16.8 Å². The Morgan fingerprint density at radius 2 is 1.92 bits per heavy atom. The van der Waals surface area contributed by atoms with Crippen LogP contribution in [0.15, 0.2) is 29.3 Å². The van der Waals surface area contributed by atoms with Gasteiger partial charge in [0.2, 0.25) is 18.1 Å². The van der Waals surface area contributed by atoms with Crippen LogP contribution in [0.1, 0.15) is 48.8 Å². The number of nitrogens with one attached hydrogen (secondary N) is 2. The fourth-order valence-electron chi connectivity index (χ4n) is 5.78. The van der Waals surface area contributed by atoms with Crippen LogP contribution in [0.25, 0.3) is 5.57 Å². The normalized spacial score (nSPS) is 24.5. The zero-order valence-electron chi connectivity index (χ0n) is 21.1. The second kappa shape index (κ2) is 12.0. The van der Waals surface area contributed by atoms with Gasteiger partial charge in [0.25, 0.3) is 0 Å². The van der Waals surface area contributed by atoms with E-state index >= 15 is 0 Å². The highest BCUT2D eigenvalue weighted by molar-refractivity contribution is 5.94. The Labute approximate surface area is 217 Å². The van der Waals surface area contributed by atoms with Gasteiger partial charge < -0.3 is 15.1 Å². The van der Waals surface area contributed by atoms with E-state index < -0.39 is 23.8 Å². The lowest BCUT2D eigenvalue weighted by Gasteiger charge is -2.42. The van der Waals surface area contributed by atoms with Crippen LogP contribution in [0.4, 0.5) is 0 Å². The number of guanidine groups is 1. The van der Waals surface area contributed by atoms with Crippen LogP contribution in [0.2, 0.25) is 0 Å². The number of ketones is 1. The molecule has 3 N–H and O–H groups in total. The van der Waals surface area contributed by atoms with Crippen LogP contribution in [-0.2, 0) is 9.59 Å². The molecule has 1 amide bonds. The van der Waals surface area contributed by atoms with Crippen molar-refractivity contribution in [3.63, 3.8) is 0 Å². The minimum absolute atomic E-state index is 0.0538. The highest BCUT2D eigenvalue weighted by Gasteiger charge is 2.42. The first kappa shape index (κ1) is 26.3. The molecule has 1 aromatic rings. The quantitative estimate of drug-likeness (QED) is 0.186. The summed E-state index contributed by atoms with van der Waals surface area (Å²) in [6.07, 6.45) is 8.01. The molecule has 3 heterocycles. The third kappa shape index (κ3) is 5.82. The number of carbonyl (C=O) groups is 2. The van der Waals surface area contributed by atoms with E-state index in [4.69, 9.17) is 0 Å². The van der Waals surface area contributed by atoms with Gasteiger partial charge in [-0.05, 0) is 67.9 Å². The van der Waals surface area contributed by atoms with Gasteiger partial charge in [0.1, 0.15) is 0 Å². The number of nitriles is 2. The fourth-order valence-corrected chi connectivity index (χ4v) is 5.78. The first-order valence-corrected chi connectivity index (χ1v) is 12.8. The number of amides is 1. The zero-order valence-corrected chi connectivity index (χ0v) is 21.1. The number of hydroxylamine groups is 1. The maximum atomic E-state index is 13.7. The minimum atomic E-state index is -0.771. The number of hydrogen-bond acceptors (Lipinski definition) is 7. The van der Waals surface area contributed by atoms with Crippen LogP contribution >= 0.6 is 0 Å². The Kier molecular flexibility index (Phi) is 8.54. The van der Waals surface area contributed by atoms with Gasteiger partial charge in [-0.15, -0.1) is 4.99 Å². The van der Waals surface area contributed by atoms with Gasteiger partial charge in [-0.2, -0.15) is 10.5 Å². The molecule has 0 spiro atoms. The maximum Gasteiger partial charge on any atom is 0.248 e. The largest absolute Gasteiger partial charge is 0.342 e. The van der Waals surface area contributed by atoms with Crippen molar-refractivity contribution >= 4 is 23.2 Å². The highest BCUT2D eigenvalue weighted by atomic mass is 16.5. The maximum absolute atomic E-state index is 13.7. The molecule has 3 aliphatic rings. The second-order valence-electron chi connectivity index (χ2n) is 9.92. The third-order valence-electron chi connectivity index (χ3n) is 7.68. The van der Waals surface area contributed by atoms with Crippen molar-refractivity contribution in [2.75, 3.05) is 32.7 Å². The van der Waals surface area contributed by atoms with E-state index in [1.807, 2.05) is 30.1 Å². The van der Waals surface area contributed by atoms with Crippen molar-refractivity contribution in [1.82, 2.24) is 20.6 Å². The van der Waals surface area contributed by atoms with Crippen LogP contribution in [0, 0.1) is 41.5 Å². The first-order chi connectivity index (χ1) is 18.0. The van der Waals surface area contributed by atoms with Crippen LogP contribution in [-0.4, -0.2) is 71.4 Å². The van der Waals surface area contributed by atoms with Gasteiger partial charge in [-0.25, -0.2) is 5.48 Å². The number of carbonyl (C=O) groups excluding carboxylic acids is 2. The average molecular weight is 504 g/mol. The van der Waals surface area contributed by atoms with E-state index in [0.717, 1.165) is 49.1 Å². The molecule has 0 saturated carbocycles. The molecule has 3 unspecified atom stereocenters. The molecular formula is C27H33N7O3. The van der Waals surface area contributed by atoms with E-state index in [9.17, 15) is 25.3 Å². The molecule has 0 aromatic heterocycles. The molecule has 3 atom stereocenters. The van der Waals surface area contributed by atoms with Crippen molar-refractivity contribution in [3.8, 4) is 12.3 Å². The molecule has 10 heteroatoms. The smallest absolute Gasteiger partial charge is 0.248 e. The van der Waals surface area contributed by atoms with Gasteiger partial charge >= 0.3 is 0 Å². The summed E-state index contributed by atoms with van der Waals surface area (Å²) in [6.45, 7) is 4.76. The van der Waals surface area contributed by atoms with E-state index in [1.165, 1.54) is 0 Å². The molecule has 2 saturated heterocycles. The number of rotatable bonds is 4. The number of Topliss-reactive ketones (excluding diaryl/α,β-unsaturated/α-hetero) is 1. The molecule has 0 radical (unpaired) electrons. The van der Waals surface area contributed by atoms with Gasteiger partial charge in [-0.1, -0.05) is 12.1 Å². The number of hydrogen-bond donors (Lipinski definition) is 3. The number of piperidine rings is 2. The summed E-state index contributed by atoms with van der Waals surface area (Å²) in [5, 5.41) is 31.2. The molecule has 194 valence electrons. The number of likely N-dealkylation sites (tertiary alicyclic amines) is 2. The van der Waals surface area contributed by atoms with E-state index in [0.29, 0.717) is 37.5 Å². The Balaban J connectivity index is 1.51. The van der Waals surface area contributed by atoms with Crippen molar-refractivity contribution in [2.45, 2.75) is 45.1 Å². The van der Waals surface area contributed by atoms with E-state index in [2.05, 4.69) is 27.4 Å². The highest BCUT2D eigenvalue weighted by Crippen LogP contribution is 2.32. The Morgan fingerprint density at radius 3 is 2.59 bits per heavy atom. The van der Waals surface area contributed by atoms with Gasteiger partial charge in [0.05, 0.1) is 23.6 Å². The number of nitrogens with zero attached hydrogens (tertiary/aromatic N) is 5. The summed E-state index contributed by atoms with van der Waals surface area (Å²) in [7, 11) is 0. The number of aryl methyl sites for hydroxylation is 1. The number of benzene rings is 1. The van der Waals surface area contributed by atoms with Gasteiger partial charge in [0.15, 0.2) is 5.78 Å². The Hall–Kier alpha value is -3.73. The molecule has 3 aliphatic heterocycles. The monoisotopic (exact) mass is 503 g/mol. The molecule has 2 fully saturated rings. The van der Waals surface area contributed by atoms with Crippen molar-refractivity contribution in [3.05, 3.63) is 41.0 Å². The SMILES string of the molecule is Cc1cc(C#N)ccc1C1=CCNC(C(=O)C2CCN(/C(=N/C#N)N3CCCCC3)CC2C(=O)NO)C1. The summed E-state index contributed by atoms with van der Waals surface area (Å²) in [4.78, 5) is 34.5. The predicted octanol–water partition coefficient (Wildman–Crippen LogP) is 1.95. The standard InChI is InChI=1S/C27H33N7O3/c1-18-13-19(15-28)5-6-21(18)20-7-9-30-24(14-20)25(35)22-8-12-34(16-23(22)26(36)32-37)27(31-17-29)33-10-3-2-4-11-33/h5-7,13,22-24,30,37H,2-4,8-12,14,16H2,1H3,(H,32,36)/b31-27+. The summed E-state index contributed by atoms with van der Waals surface area (Å²) >= 11 is 0. The molecule has 4 rings (SSSR count). The number of aliphatic imine (C=N–C) groups is 1. The molecule has 0 aliphatic carbocycles. The zero-order chi connectivity index (χ0) is 26.4. The van der Waals surface area contributed by atoms with Gasteiger partial charge in [0, 0.05) is 38.6 Å².